The van der Waals surface area contributed by atoms with Crippen LogP contribution in [-0.4, -0.2) is 61.2 Å². The van der Waals surface area contributed by atoms with Crippen LogP contribution in [0.2, 0.25) is 0 Å². The fourth-order valence-electron chi connectivity index (χ4n) is 4.70. The van der Waals surface area contributed by atoms with Crippen molar-refractivity contribution in [2.45, 2.75) is 43.9 Å². The summed E-state index contributed by atoms with van der Waals surface area (Å²) in [7, 11) is 2.08. The average Bonchev–Trinajstić information content (AvgIpc) is 3.37. The monoisotopic (exact) mass is 561 g/mol. The topological polar surface area (TPSA) is 133 Å². The highest BCUT2D eigenvalue weighted by Crippen LogP contribution is 2.30. The van der Waals surface area contributed by atoms with Gasteiger partial charge < -0.3 is 31.4 Å². The summed E-state index contributed by atoms with van der Waals surface area (Å²) in [4.78, 5) is 17.7. The number of amides is 1. The van der Waals surface area contributed by atoms with Crippen LogP contribution in [0.4, 0.5) is 13.2 Å². The molecule has 0 unspecified atom stereocenters. The van der Waals surface area contributed by atoms with Gasteiger partial charge >= 0.3 is 6.18 Å². The molecule has 0 radical (unpaired) electrons. The molecule has 8 nitrogen and oxygen atoms in total. The molecule has 1 heterocycles. The Bertz CT molecular complexity index is 1180. The van der Waals surface area contributed by atoms with E-state index in [0.29, 0.717) is 48.1 Å². The molecule has 0 aliphatic carbocycles. The number of hydrogen-bond acceptors (Lipinski definition) is 6. The molecule has 7 N–H and O–H groups in total. The predicted octanol–water partition coefficient (Wildman–Crippen LogP) is 3.16. The van der Waals surface area contributed by atoms with Gasteiger partial charge in [0.2, 0.25) is 11.8 Å². The second-order valence-corrected chi connectivity index (χ2v) is 10.4. The van der Waals surface area contributed by atoms with Crippen molar-refractivity contribution in [3.8, 4) is 0 Å². The van der Waals surface area contributed by atoms with Crippen LogP contribution in [0, 0.1) is 0 Å². The lowest BCUT2D eigenvalue weighted by Gasteiger charge is -2.34. The molecule has 0 aliphatic rings. The third-order valence-corrected chi connectivity index (χ3v) is 7.02. The number of oxazole rings is 1. The van der Waals surface area contributed by atoms with E-state index in [0.717, 1.165) is 37.3 Å². The molecule has 40 heavy (non-hydrogen) atoms. The van der Waals surface area contributed by atoms with Gasteiger partial charge in [-0.05, 0) is 36.1 Å². The average molecular weight is 562 g/mol. The number of carbonyl (C=O) groups is 1. The van der Waals surface area contributed by atoms with Gasteiger partial charge in [-0.2, -0.15) is 13.2 Å². The van der Waals surface area contributed by atoms with Crippen LogP contribution in [-0.2, 0) is 23.8 Å². The molecule has 218 valence electrons. The second kappa shape index (κ2) is 14.4. The Balaban J connectivity index is 1.71. The number of rotatable bonds is 15. The lowest BCUT2D eigenvalue weighted by molar-refractivity contribution is -0.907. The number of nitrogens with two attached hydrogens (primary N) is 3. The van der Waals surface area contributed by atoms with Gasteiger partial charge in [-0.25, -0.2) is 4.98 Å². The molecule has 0 fully saturated rings. The van der Waals surface area contributed by atoms with E-state index in [-0.39, 0.29) is 18.2 Å². The summed E-state index contributed by atoms with van der Waals surface area (Å²) in [5.74, 6) is -0.118. The van der Waals surface area contributed by atoms with Crippen molar-refractivity contribution in [3.05, 3.63) is 89.1 Å². The van der Waals surface area contributed by atoms with E-state index in [4.69, 9.17) is 21.6 Å². The molecular formula is C29H40F3N6O2+. The third-order valence-electron chi connectivity index (χ3n) is 7.02. The number of carbonyl (C=O) groups excluding carboxylic acids is 1. The van der Waals surface area contributed by atoms with E-state index in [2.05, 4.69) is 17.3 Å². The van der Waals surface area contributed by atoms with E-state index in [9.17, 15) is 18.0 Å². The molecule has 0 bridgehead atoms. The number of nitrogens with zero attached hydrogens (tertiary/aromatic N) is 2. The SMILES string of the molecule is C[N+](CCN)(CCN)CCC[C@H](N)C(=O)N[C@@H](Cc1ccc(C(F)(F)F)cc1)c1nc(Cc2ccccc2)co1. The van der Waals surface area contributed by atoms with Crippen molar-refractivity contribution >= 4 is 5.91 Å². The Morgan fingerprint density at radius 3 is 2.25 bits per heavy atom. The highest BCUT2D eigenvalue weighted by Gasteiger charge is 2.30. The number of likely N-dealkylation sites (N-methyl/N-ethyl adjacent to an activating group) is 1. The number of halogens is 3. The molecule has 0 saturated heterocycles. The molecule has 2 atom stereocenters. The molecule has 3 rings (SSSR count). The maximum atomic E-state index is 13.1. The molecular weight excluding hydrogens is 521 g/mol. The van der Waals surface area contributed by atoms with Crippen molar-refractivity contribution in [1.29, 1.82) is 0 Å². The first-order valence-electron chi connectivity index (χ1n) is 13.5. The standard InChI is InChI=1S/C29H39F3N6O2/c1-38(16-13-33,17-14-34)15-5-8-25(35)27(39)37-26(19-22-9-11-23(12-10-22)29(30,31)32)28-36-24(20-40-28)18-21-6-3-2-4-7-21/h2-4,6-7,9-12,20,25-26H,5,8,13-19,33-35H2,1H3/p+1/t25-,26-/m0/s1. The lowest BCUT2D eigenvalue weighted by Crippen LogP contribution is -2.51. The summed E-state index contributed by atoms with van der Waals surface area (Å²) >= 11 is 0. The highest BCUT2D eigenvalue weighted by atomic mass is 19.4. The van der Waals surface area contributed by atoms with Gasteiger partial charge in [0.1, 0.15) is 12.3 Å². The third kappa shape index (κ3) is 9.44. The maximum absolute atomic E-state index is 13.1. The predicted molar refractivity (Wildman–Crippen MR) is 148 cm³/mol. The van der Waals surface area contributed by atoms with Crippen molar-refractivity contribution < 1.29 is 26.9 Å². The van der Waals surface area contributed by atoms with Gasteiger partial charge in [-0.1, -0.05) is 42.5 Å². The molecule has 2 aromatic carbocycles. The summed E-state index contributed by atoms with van der Waals surface area (Å²) in [6, 6.07) is 13.1. The number of nitrogens with one attached hydrogen (secondary N) is 1. The Morgan fingerprint density at radius 2 is 1.65 bits per heavy atom. The minimum absolute atomic E-state index is 0.184. The van der Waals surface area contributed by atoms with Crippen molar-refractivity contribution in [3.63, 3.8) is 0 Å². The molecule has 1 amide bonds. The van der Waals surface area contributed by atoms with Crippen LogP contribution in [0.15, 0.2) is 65.3 Å². The molecule has 1 aromatic heterocycles. The number of aromatic nitrogens is 1. The minimum Gasteiger partial charge on any atom is -0.446 e. The van der Waals surface area contributed by atoms with Gasteiger partial charge in [-0.3, -0.25) is 4.79 Å². The zero-order chi connectivity index (χ0) is 29.2. The first-order chi connectivity index (χ1) is 19.0. The molecule has 0 saturated carbocycles. The van der Waals surface area contributed by atoms with E-state index in [1.165, 1.54) is 18.4 Å². The summed E-state index contributed by atoms with van der Waals surface area (Å²) < 4.78 is 45.6. The van der Waals surface area contributed by atoms with Crippen LogP contribution in [0.25, 0.3) is 0 Å². The van der Waals surface area contributed by atoms with Crippen molar-refractivity contribution in [2.24, 2.45) is 17.2 Å². The fraction of sp³-hybridized carbons (Fsp3) is 0.448. The van der Waals surface area contributed by atoms with E-state index in [1.54, 1.807) is 0 Å². The summed E-state index contributed by atoms with van der Waals surface area (Å²) in [6.07, 6.45) is -1.03. The van der Waals surface area contributed by atoms with Crippen molar-refractivity contribution in [1.82, 2.24) is 10.3 Å². The van der Waals surface area contributed by atoms with Crippen LogP contribution < -0.4 is 22.5 Å². The van der Waals surface area contributed by atoms with E-state index >= 15 is 0 Å². The quantitative estimate of drug-likeness (QED) is 0.211. The van der Waals surface area contributed by atoms with E-state index in [1.807, 2.05) is 30.3 Å². The summed E-state index contributed by atoms with van der Waals surface area (Å²) in [5.41, 5.74) is 19.3. The number of benzene rings is 2. The van der Waals surface area contributed by atoms with Crippen LogP contribution in [0.5, 0.6) is 0 Å². The number of hydrogen-bond donors (Lipinski definition) is 4. The number of alkyl halides is 3. The first-order valence-corrected chi connectivity index (χ1v) is 13.5. The molecule has 0 spiro atoms. The highest BCUT2D eigenvalue weighted by molar-refractivity contribution is 5.81. The molecule has 11 heteroatoms. The van der Waals surface area contributed by atoms with Crippen molar-refractivity contribution in [2.75, 3.05) is 39.8 Å². The first kappa shape index (κ1) is 31.3. The summed E-state index contributed by atoms with van der Waals surface area (Å²) in [5, 5.41) is 2.91. The zero-order valence-corrected chi connectivity index (χ0v) is 22.9. The van der Waals surface area contributed by atoms with Gasteiger partial charge in [0, 0.05) is 25.9 Å². The van der Waals surface area contributed by atoms with Crippen LogP contribution >= 0.6 is 0 Å². The smallest absolute Gasteiger partial charge is 0.416 e. The van der Waals surface area contributed by atoms with E-state index < -0.39 is 23.8 Å². The Morgan fingerprint density at radius 1 is 1.00 bits per heavy atom. The largest absolute Gasteiger partial charge is 0.446 e. The Kier molecular flexibility index (Phi) is 11.3. The van der Waals surface area contributed by atoms with Gasteiger partial charge in [-0.15, -0.1) is 0 Å². The zero-order valence-electron chi connectivity index (χ0n) is 22.9. The van der Waals surface area contributed by atoms with Gasteiger partial charge in [0.25, 0.3) is 0 Å². The van der Waals surface area contributed by atoms with Crippen LogP contribution in [0.3, 0.4) is 0 Å². The Hall–Kier alpha value is -3.25. The Labute approximate surface area is 233 Å². The second-order valence-electron chi connectivity index (χ2n) is 10.4. The normalized spacial score (nSPS) is 13.7. The van der Waals surface area contributed by atoms with Crippen LogP contribution in [0.1, 0.15) is 47.2 Å². The van der Waals surface area contributed by atoms with Gasteiger partial charge in [0.05, 0.1) is 44.0 Å². The molecule has 3 aromatic rings. The van der Waals surface area contributed by atoms with Gasteiger partial charge in [0.15, 0.2) is 0 Å². The number of quaternary nitrogens is 1. The maximum Gasteiger partial charge on any atom is 0.416 e. The lowest BCUT2D eigenvalue weighted by atomic mass is 10.0. The minimum atomic E-state index is -4.43. The summed E-state index contributed by atoms with van der Waals surface area (Å²) in [6.45, 7) is 3.42. The fourth-order valence-corrected chi connectivity index (χ4v) is 4.70. The molecule has 0 aliphatic heterocycles.